The van der Waals surface area contributed by atoms with Gasteiger partial charge in [-0.05, 0) is 19.4 Å². The molecule has 0 rings (SSSR count). The highest BCUT2D eigenvalue weighted by Crippen LogP contribution is 2.06. The van der Waals surface area contributed by atoms with Crippen LogP contribution in [-0.4, -0.2) is 11.2 Å². The fraction of sp³-hybridized carbons (Fsp3) is 0.625. The maximum atomic E-state index is 10.8. The molecule has 0 aliphatic carbocycles. The highest BCUT2D eigenvalue weighted by atomic mass is 35.5. The summed E-state index contributed by atoms with van der Waals surface area (Å²) in [6, 6.07) is 0. The van der Waals surface area contributed by atoms with Gasteiger partial charge in [-0.25, -0.2) is 0 Å². The Morgan fingerprint density at radius 1 is 1.70 bits per heavy atom. The van der Waals surface area contributed by atoms with E-state index in [0.29, 0.717) is 6.42 Å². The molecule has 0 spiro atoms. The van der Waals surface area contributed by atoms with Crippen molar-refractivity contribution in [2.45, 2.75) is 32.1 Å². The average molecular weight is 161 g/mol. The van der Waals surface area contributed by atoms with Gasteiger partial charge >= 0.3 is 0 Å². The van der Waals surface area contributed by atoms with Crippen molar-refractivity contribution in [3.05, 3.63) is 12.2 Å². The quantitative estimate of drug-likeness (QED) is 0.456. The summed E-state index contributed by atoms with van der Waals surface area (Å²) in [5.74, 6) is 0.115. The van der Waals surface area contributed by atoms with Crippen molar-refractivity contribution in [1.82, 2.24) is 0 Å². The van der Waals surface area contributed by atoms with Crippen LogP contribution in [-0.2, 0) is 4.79 Å². The van der Waals surface area contributed by atoms with E-state index < -0.39 is 0 Å². The van der Waals surface area contributed by atoms with Gasteiger partial charge in [-0.3, -0.25) is 4.79 Å². The monoisotopic (exact) mass is 160 g/mol. The Labute approximate surface area is 67.1 Å². The Morgan fingerprint density at radius 2 is 2.30 bits per heavy atom. The fourth-order valence-electron chi connectivity index (χ4n) is 0.617. The number of hydrogen-bond acceptors (Lipinski definition) is 1. The first-order valence-corrected chi connectivity index (χ1v) is 3.94. The summed E-state index contributed by atoms with van der Waals surface area (Å²) in [4.78, 5) is 10.8. The lowest BCUT2D eigenvalue weighted by Gasteiger charge is -2.00. The van der Waals surface area contributed by atoms with Crippen molar-refractivity contribution >= 4 is 17.4 Å². The number of hydrogen-bond donors (Lipinski definition) is 0. The molecule has 58 valence electrons. The Bertz CT molecular complexity index is 129. The van der Waals surface area contributed by atoms with Gasteiger partial charge in [-0.15, -0.1) is 11.6 Å². The van der Waals surface area contributed by atoms with Gasteiger partial charge in [-0.1, -0.05) is 13.0 Å². The van der Waals surface area contributed by atoms with Crippen molar-refractivity contribution in [3.63, 3.8) is 0 Å². The smallest absolute Gasteiger partial charge is 0.156 e. The van der Waals surface area contributed by atoms with Crippen LogP contribution >= 0.6 is 11.6 Å². The zero-order valence-corrected chi connectivity index (χ0v) is 7.19. The predicted octanol–water partition coefficient (Wildman–Crippen LogP) is 2.54. The van der Waals surface area contributed by atoms with Gasteiger partial charge in [-0.2, -0.15) is 0 Å². The van der Waals surface area contributed by atoms with E-state index in [1.54, 1.807) is 12.2 Å². The molecule has 1 nitrogen and oxygen atoms in total. The van der Waals surface area contributed by atoms with Crippen LogP contribution in [0.1, 0.15) is 26.7 Å². The lowest BCUT2D eigenvalue weighted by Crippen LogP contribution is -2.03. The molecule has 0 bridgehead atoms. The molecular formula is C8H13ClO. The summed E-state index contributed by atoms with van der Waals surface area (Å²) in [5.41, 5.74) is 0. The molecule has 0 amide bonds. The van der Waals surface area contributed by atoms with Gasteiger partial charge in [0.05, 0.1) is 0 Å². The Kier molecular flexibility index (Phi) is 5.32. The molecule has 0 aromatic heterocycles. The van der Waals surface area contributed by atoms with Crippen LogP contribution in [0, 0.1) is 0 Å². The average Bonchev–Trinajstić information content (AvgIpc) is 1.88. The van der Waals surface area contributed by atoms with Gasteiger partial charge < -0.3 is 0 Å². The van der Waals surface area contributed by atoms with Crippen LogP contribution in [0.5, 0.6) is 0 Å². The maximum Gasteiger partial charge on any atom is 0.156 e. The van der Waals surface area contributed by atoms with Gasteiger partial charge in [0.2, 0.25) is 0 Å². The lowest BCUT2D eigenvalue weighted by molar-refractivity contribution is -0.114. The molecule has 0 saturated heterocycles. The van der Waals surface area contributed by atoms with E-state index in [-0.39, 0.29) is 11.2 Å². The first kappa shape index (κ1) is 9.70. The third-order valence-electron chi connectivity index (χ3n) is 1.22. The summed E-state index contributed by atoms with van der Waals surface area (Å²) in [7, 11) is 0. The molecule has 10 heavy (non-hydrogen) atoms. The van der Waals surface area contributed by atoms with Crippen LogP contribution in [0.3, 0.4) is 0 Å². The summed E-state index contributed by atoms with van der Waals surface area (Å²) in [6.45, 7) is 3.80. The van der Waals surface area contributed by atoms with Gasteiger partial charge in [0.25, 0.3) is 0 Å². The highest BCUT2D eigenvalue weighted by molar-refractivity contribution is 6.22. The third kappa shape index (κ3) is 4.57. The normalized spacial score (nSPS) is 13.9. The molecule has 0 heterocycles. The molecule has 0 saturated carbocycles. The van der Waals surface area contributed by atoms with Gasteiger partial charge in [0.1, 0.15) is 0 Å². The van der Waals surface area contributed by atoms with E-state index in [0.717, 1.165) is 6.42 Å². The molecule has 0 aromatic rings. The lowest BCUT2D eigenvalue weighted by atomic mass is 10.2. The number of alkyl halides is 1. The van der Waals surface area contributed by atoms with Crippen LogP contribution in [0.2, 0.25) is 0 Å². The first-order valence-electron chi connectivity index (χ1n) is 3.50. The molecule has 0 N–H and O–H groups in total. The van der Waals surface area contributed by atoms with Crippen molar-refractivity contribution in [2.24, 2.45) is 0 Å². The zero-order chi connectivity index (χ0) is 7.98. The predicted molar refractivity (Wildman–Crippen MR) is 44.4 cm³/mol. The van der Waals surface area contributed by atoms with E-state index >= 15 is 0 Å². The molecule has 1 unspecified atom stereocenters. The van der Waals surface area contributed by atoms with Crippen molar-refractivity contribution < 1.29 is 4.79 Å². The summed E-state index contributed by atoms with van der Waals surface area (Å²) >= 11 is 5.74. The maximum absolute atomic E-state index is 10.8. The van der Waals surface area contributed by atoms with E-state index in [9.17, 15) is 4.79 Å². The topological polar surface area (TPSA) is 17.1 Å². The Balaban J connectivity index is 3.57. The molecular weight excluding hydrogens is 148 g/mol. The van der Waals surface area contributed by atoms with E-state index in [2.05, 4.69) is 0 Å². The SMILES string of the molecule is C/C=C/C(=O)CC(Cl)CC. The number of halogens is 1. The number of allylic oxidation sites excluding steroid dienone is 2. The number of ketones is 1. The van der Waals surface area contributed by atoms with E-state index in [1.807, 2.05) is 13.8 Å². The van der Waals surface area contributed by atoms with E-state index in [1.165, 1.54) is 0 Å². The molecule has 1 atom stereocenters. The molecule has 0 fully saturated rings. The Morgan fingerprint density at radius 3 is 2.70 bits per heavy atom. The van der Waals surface area contributed by atoms with Gasteiger partial charge in [0.15, 0.2) is 5.78 Å². The van der Waals surface area contributed by atoms with Gasteiger partial charge in [0, 0.05) is 11.8 Å². The fourth-order valence-corrected chi connectivity index (χ4v) is 0.769. The van der Waals surface area contributed by atoms with E-state index in [4.69, 9.17) is 11.6 Å². The minimum Gasteiger partial charge on any atom is -0.295 e. The third-order valence-corrected chi connectivity index (χ3v) is 1.68. The molecule has 0 aliphatic rings. The summed E-state index contributed by atoms with van der Waals surface area (Å²) in [5, 5.41) is 0.00343. The Hall–Kier alpha value is -0.300. The zero-order valence-electron chi connectivity index (χ0n) is 6.43. The number of rotatable bonds is 4. The van der Waals surface area contributed by atoms with Crippen molar-refractivity contribution in [3.8, 4) is 0 Å². The minimum atomic E-state index is 0.00343. The van der Waals surface area contributed by atoms with Crippen LogP contribution in [0.4, 0.5) is 0 Å². The second-order valence-corrected chi connectivity index (χ2v) is 2.79. The van der Waals surface area contributed by atoms with Crippen molar-refractivity contribution in [1.29, 1.82) is 0 Å². The standard InChI is InChI=1S/C8H13ClO/c1-3-5-8(10)6-7(9)4-2/h3,5,7H,4,6H2,1-2H3/b5-3+. The van der Waals surface area contributed by atoms with Crippen LogP contribution in [0.25, 0.3) is 0 Å². The first-order chi connectivity index (χ1) is 4.70. The number of carbonyl (C=O) groups excluding carboxylic acids is 1. The summed E-state index contributed by atoms with van der Waals surface area (Å²) in [6.07, 6.45) is 4.61. The summed E-state index contributed by atoms with van der Waals surface area (Å²) < 4.78 is 0. The molecule has 0 aromatic carbocycles. The van der Waals surface area contributed by atoms with Crippen LogP contribution < -0.4 is 0 Å². The molecule has 0 radical (unpaired) electrons. The minimum absolute atomic E-state index is 0.00343. The van der Waals surface area contributed by atoms with Crippen LogP contribution in [0.15, 0.2) is 12.2 Å². The largest absolute Gasteiger partial charge is 0.295 e. The molecule has 2 heteroatoms. The second kappa shape index (κ2) is 5.48. The van der Waals surface area contributed by atoms with Crippen molar-refractivity contribution in [2.75, 3.05) is 0 Å². The molecule has 0 aliphatic heterocycles. The second-order valence-electron chi connectivity index (χ2n) is 2.18. The number of carbonyl (C=O) groups is 1. The highest BCUT2D eigenvalue weighted by Gasteiger charge is 2.04.